The number of rotatable bonds is 3. The van der Waals surface area contributed by atoms with Crippen LogP contribution in [0, 0.1) is 0 Å². The van der Waals surface area contributed by atoms with E-state index in [-0.39, 0.29) is 22.7 Å². The van der Waals surface area contributed by atoms with Crippen molar-refractivity contribution in [3.05, 3.63) is 64.0 Å². The highest BCUT2D eigenvalue weighted by molar-refractivity contribution is 8.18. The molecule has 0 spiro atoms. The van der Waals surface area contributed by atoms with E-state index in [9.17, 15) is 9.90 Å². The zero-order chi connectivity index (χ0) is 19.5. The summed E-state index contributed by atoms with van der Waals surface area (Å²) in [6, 6.07) is 14.9. The zero-order valence-electron chi connectivity index (χ0n) is 15.3. The maximum Gasteiger partial charge on any atom is 0.267 e. The Hall–Kier alpha value is -2.24. The van der Waals surface area contributed by atoms with Crippen molar-refractivity contribution in [1.29, 1.82) is 0 Å². The molecule has 28 heavy (non-hydrogen) atoms. The van der Waals surface area contributed by atoms with Crippen molar-refractivity contribution in [2.24, 2.45) is 4.99 Å². The molecule has 0 bridgehead atoms. The topological polar surface area (TPSA) is 52.9 Å². The van der Waals surface area contributed by atoms with E-state index in [1.807, 2.05) is 41.3 Å². The van der Waals surface area contributed by atoms with Crippen LogP contribution in [0.25, 0.3) is 6.08 Å². The maximum atomic E-state index is 13.2. The predicted molar refractivity (Wildman–Crippen MR) is 116 cm³/mol. The number of carbonyl (C=O) groups excluding carboxylic acids is 1. The van der Waals surface area contributed by atoms with E-state index >= 15 is 0 Å². The Balaban J connectivity index is 1.69. The molecule has 0 aromatic heterocycles. The summed E-state index contributed by atoms with van der Waals surface area (Å²) in [6.07, 6.45) is 7.36. The first-order valence-electron chi connectivity index (χ1n) is 9.47. The number of benzene rings is 2. The molecule has 2 aromatic rings. The number of nitrogens with zero attached hydrogens (tertiary/aromatic N) is 2. The van der Waals surface area contributed by atoms with Gasteiger partial charge in [-0.3, -0.25) is 9.69 Å². The molecule has 1 saturated heterocycles. The number of thioether (sulfide) groups is 1. The molecule has 2 aromatic carbocycles. The number of para-hydroxylation sites is 1. The van der Waals surface area contributed by atoms with Crippen molar-refractivity contribution < 1.29 is 9.90 Å². The zero-order valence-corrected chi connectivity index (χ0v) is 16.9. The van der Waals surface area contributed by atoms with E-state index in [1.165, 1.54) is 24.2 Å². The third-order valence-electron chi connectivity index (χ3n) is 5.03. The van der Waals surface area contributed by atoms with E-state index in [0.717, 1.165) is 42.1 Å². The summed E-state index contributed by atoms with van der Waals surface area (Å²) in [5.74, 6) is 0.0279. The van der Waals surface area contributed by atoms with Crippen LogP contribution in [0.3, 0.4) is 0 Å². The summed E-state index contributed by atoms with van der Waals surface area (Å²) < 4.78 is 0. The fourth-order valence-corrected chi connectivity index (χ4v) is 4.85. The summed E-state index contributed by atoms with van der Waals surface area (Å²) in [6.45, 7) is 0. The van der Waals surface area contributed by atoms with Gasteiger partial charge in [0.1, 0.15) is 5.75 Å². The van der Waals surface area contributed by atoms with Crippen LogP contribution in [0.4, 0.5) is 5.69 Å². The predicted octanol–water partition coefficient (Wildman–Crippen LogP) is 5.98. The quantitative estimate of drug-likeness (QED) is 0.630. The number of phenols is 1. The number of amidine groups is 1. The molecule has 1 N–H and O–H groups in total. The molecule has 2 fully saturated rings. The molecule has 4 rings (SSSR count). The number of phenolic OH excluding ortho intramolecular Hbond substituents is 1. The van der Waals surface area contributed by atoms with Gasteiger partial charge in [-0.1, -0.05) is 55.1 Å². The van der Waals surface area contributed by atoms with Crippen LogP contribution in [-0.2, 0) is 4.79 Å². The first-order valence-corrected chi connectivity index (χ1v) is 10.7. The van der Waals surface area contributed by atoms with Crippen molar-refractivity contribution in [3.63, 3.8) is 0 Å². The van der Waals surface area contributed by atoms with E-state index in [4.69, 9.17) is 16.6 Å². The van der Waals surface area contributed by atoms with Gasteiger partial charge in [-0.15, -0.1) is 0 Å². The van der Waals surface area contributed by atoms with Gasteiger partial charge < -0.3 is 5.11 Å². The summed E-state index contributed by atoms with van der Waals surface area (Å²) in [5.41, 5.74) is 1.62. The van der Waals surface area contributed by atoms with Crippen LogP contribution >= 0.6 is 23.4 Å². The van der Waals surface area contributed by atoms with Crippen molar-refractivity contribution >= 4 is 46.2 Å². The Kier molecular flexibility index (Phi) is 5.74. The number of aliphatic imine (C=N–C) groups is 1. The van der Waals surface area contributed by atoms with Gasteiger partial charge in [0.2, 0.25) is 0 Å². The average Bonchev–Trinajstić information content (AvgIpc) is 3.01. The highest BCUT2D eigenvalue weighted by Crippen LogP contribution is 2.39. The number of hydrogen-bond donors (Lipinski definition) is 1. The minimum absolute atomic E-state index is 0.00391. The van der Waals surface area contributed by atoms with Crippen molar-refractivity contribution in [1.82, 2.24) is 4.90 Å². The first kappa shape index (κ1) is 19.1. The molecule has 144 valence electrons. The first-order chi connectivity index (χ1) is 13.6. The van der Waals surface area contributed by atoms with E-state index in [1.54, 1.807) is 12.1 Å². The lowest BCUT2D eigenvalue weighted by Gasteiger charge is -2.30. The molecule has 1 saturated carbocycles. The molecule has 6 heteroatoms. The summed E-state index contributed by atoms with van der Waals surface area (Å²) >= 11 is 7.42. The van der Waals surface area contributed by atoms with Gasteiger partial charge in [0.15, 0.2) is 5.17 Å². The van der Waals surface area contributed by atoms with Gasteiger partial charge in [-0.25, -0.2) is 4.99 Å². The second-order valence-corrected chi connectivity index (χ2v) is 8.43. The fourth-order valence-electron chi connectivity index (χ4n) is 3.60. The van der Waals surface area contributed by atoms with Crippen LogP contribution in [0.5, 0.6) is 5.75 Å². The van der Waals surface area contributed by atoms with E-state index in [0.29, 0.717) is 4.91 Å². The number of carbonyl (C=O) groups is 1. The Morgan fingerprint density at radius 3 is 2.57 bits per heavy atom. The number of hydrogen-bond acceptors (Lipinski definition) is 4. The average molecular weight is 413 g/mol. The molecular weight excluding hydrogens is 392 g/mol. The highest BCUT2D eigenvalue weighted by Gasteiger charge is 2.38. The third kappa shape index (κ3) is 4.10. The lowest BCUT2D eigenvalue weighted by atomic mass is 9.94. The van der Waals surface area contributed by atoms with Crippen molar-refractivity contribution in [2.45, 2.75) is 38.1 Å². The van der Waals surface area contributed by atoms with Crippen molar-refractivity contribution in [2.75, 3.05) is 0 Å². The van der Waals surface area contributed by atoms with Gasteiger partial charge in [0, 0.05) is 6.04 Å². The van der Waals surface area contributed by atoms with Crippen LogP contribution in [0.2, 0.25) is 5.02 Å². The molecule has 1 amide bonds. The van der Waals surface area contributed by atoms with Gasteiger partial charge in [0.05, 0.1) is 15.6 Å². The van der Waals surface area contributed by atoms with Gasteiger partial charge in [0.25, 0.3) is 5.91 Å². The number of halogens is 1. The minimum atomic E-state index is -0.00391. The summed E-state index contributed by atoms with van der Waals surface area (Å²) in [7, 11) is 0. The Morgan fingerprint density at radius 1 is 1.11 bits per heavy atom. The van der Waals surface area contributed by atoms with Crippen LogP contribution < -0.4 is 0 Å². The Labute approximate surface area is 173 Å². The molecule has 1 aliphatic heterocycles. The van der Waals surface area contributed by atoms with Crippen molar-refractivity contribution in [3.8, 4) is 5.75 Å². The molecule has 0 radical (unpaired) electrons. The molecule has 1 aliphatic carbocycles. The SMILES string of the molecule is O=C1C(=Cc2ccc(O)c(Cl)c2)SC(=Nc2ccccc2)N1C1CCCCC1. The van der Waals surface area contributed by atoms with Gasteiger partial charge in [-0.2, -0.15) is 0 Å². The fraction of sp³-hybridized carbons (Fsp3) is 0.273. The van der Waals surface area contributed by atoms with Gasteiger partial charge >= 0.3 is 0 Å². The largest absolute Gasteiger partial charge is 0.506 e. The molecule has 2 aliphatic rings. The summed E-state index contributed by atoms with van der Waals surface area (Å²) in [4.78, 5) is 20.5. The maximum absolute atomic E-state index is 13.2. The normalized spacial score (nSPS) is 21.0. The Morgan fingerprint density at radius 2 is 1.86 bits per heavy atom. The second-order valence-electron chi connectivity index (χ2n) is 7.02. The Bertz CT molecular complexity index is 937. The van der Waals surface area contributed by atoms with Crippen LogP contribution in [0.1, 0.15) is 37.7 Å². The molecular formula is C22H21ClN2O2S. The number of amides is 1. The standard InChI is InChI=1S/C22H21ClN2O2S/c23-18-13-15(11-12-19(18)26)14-20-21(27)25(17-9-5-2-6-10-17)22(28-20)24-16-7-3-1-4-8-16/h1,3-4,7-8,11-14,17,26H,2,5-6,9-10H2. The third-order valence-corrected chi connectivity index (χ3v) is 6.31. The molecule has 4 nitrogen and oxygen atoms in total. The lowest BCUT2D eigenvalue weighted by Crippen LogP contribution is -2.40. The smallest absolute Gasteiger partial charge is 0.267 e. The van der Waals surface area contributed by atoms with E-state index < -0.39 is 0 Å². The van der Waals surface area contributed by atoms with E-state index in [2.05, 4.69) is 0 Å². The number of aromatic hydroxyl groups is 1. The van der Waals surface area contributed by atoms with Crippen LogP contribution in [0.15, 0.2) is 58.4 Å². The second kappa shape index (κ2) is 8.41. The molecule has 1 heterocycles. The van der Waals surface area contributed by atoms with Gasteiger partial charge in [-0.05, 0) is 60.5 Å². The monoisotopic (exact) mass is 412 g/mol. The summed E-state index contributed by atoms with van der Waals surface area (Å²) in [5, 5.41) is 10.6. The minimum Gasteiger partial charge on any atom is -0.506 e. The molecule has 0 atom stereocenters. The van der Waals surface area contributed by atoms with Crippen LogP contribution in [-0.4, -0.2) is 27.1 Å². The molecule has 0 unspecified atom stereocenters. The highest BCUT2D eigenvalue weighted by atomic mass is 35.5. The lowest BCUT2D eigenvalue weighted by molar-refractivity contribution is -0.124.